The van der Waals surface area contributed by atoms with Gasteiger partial charge in [0.1, 0.15) is 5.82 Å². The van der Waals surface area contributed by atoms with Crippen LogP contribution in [0.3, 0.4) is 0 Å². The lowest BCUT2D eigenvalue weighted by Gasteiger charge is -2.39. The predicted octanol–water partition coefficient (Wildman–Crippen LogP) is 4.66. The van der Waals surface area contributed by atoms with Crippen molar-refractivity contribution in [2.75, 3.05) is 5.33 Å². The Hall–Kier alpha value is -0.420. The molecule has 0 heterocycles. The molecular formula is C15H18Br2FNO. The maximum Gasteiger partial charge on any atom is 0.254 e. The van der Waals surface area contributed by atoms with E-state index in [0.29, 0.717) is 15.7 Å². The van der Waals surface area contributed by atoms with E-state index >= 15 is 0 Å². The Bertz CT molecular complexity index is 509. The Balaban J connectivity index is 2.19. The number of alkyl halides is 1. The minimum atomic E-state index is -0.501. The van der Waals surface area contributed by atoms with Gasteiger partial charge in [-0.05, 0) is 46.8 Å². The standard InChI is InChI=1S/C15H18Br2FNO/c1-10-4-3-7-15(8-10,9-16)19-14(20)11-5-2-6-12(17)13(11)18/h2,5-6,10H,3-4,7-9H2,1H3,(H,19,20). The van der Waals surface area contributed by atoms with E-state index in [1.165, 1.54) is 12.5 Å². The number of rotatable bonds is 3. The number of carbonyl (C=O) groups is 1. The molecule has 2 unspecified atom stereocenters. The lowest BCUT2D eigenvalue weighted by molar-refractivity contribution is 0.0865. The molecule has 1 fully saturated rings. The SMILES string of the molecule is CC1CCCC(CBr)(NC(=O)c2cccc(Br)c2F)C1. The number of benzene rings is 1. The summed E-state index contributed by atoms with van der Waals surface area (Å²) < 4.78 is 14.3. The predicted molar refractivity (Wildman–Crippen MR) is 85.7 cm³/mol. The molecule has 20 heavy (non-hydrogen) atoms. The van der Waals surface area contributed by atoms with Crippen LogP contribution in [0.5, 0.6) is 0 Å². The van der Waals surface area contributed by atoms with E-state index in [-0.39, 0.29) is 17.0 Å². The zero-order chi connectivity index (χ0) is 14.8. The minimum Gasteiger partial charge on any atom is -0.346 e. The molecule has 2 nitrogen and oxygen atoms in total. The third kappa shape index (κ3) is 3.42. The highest BCUT2D eigenvalue weighted by Gasteiger charge is 2.36. The van der Waals surface area contributed by atoms with E-state index in [1.54, 1.807) is 12.1 Å². The van der Waals surface area contributed by atoms with Crippen LogP contribution >= 0.6 is 31.9 Å². The van der Waals surface area contributed by atoms with E-state index < -0.39 is 5.82 Å². The fourth-order valence-electron chi connectivity index (χ4n) is 2.92. The van der Waals surface area contributed by atoms with E-state index in [4.69, 9.17) is 0 Å². The molecule has 1 N–H and O–H groups in total. The molecule has 1 aromatic rings. The largest absolute Gasteiger partial charge is 0.346 e. The molecule has 0 aromatic heterocycles. The molecule has 110 valence electrons. The second kappa shape index (κ2) is 6.56. The lowest BCUT2D eigenvalue weighted by Crippen LogP contribution is -2.52. The summed E-state index contributed by atoms with van der Waals surface area (Å²) in [5, 5.41) is 3.75. The van der Waals surface area contributed by atoms with Crippen molar-refractivity contribution in [3.8, 4) is 0 Å². The summed E-state index contributed by atoms with van der Waals surface area (Å²) in [7, 11) is 0. The zero-order valence-corrected chi connectivity index (χ0v) is 14.6. The van der Waals surface area contributed by atoms with Gasteiger partial charge in [0, 0.05) is 5.33 Å². The Kier molecular flexibility index (Phi) is 5.24. The van der Waals surface area contributed by atoms with Crippen LogP contribution in [0.2, 0.25) is 0 Å². The molecule has 1 amide bonds. The van der Waals surface area contributed by atoms with Gasteiger partial charge in [0.05, 0.1) is 15.6 Å². The maximum atomic E-state index is 14.0. The quantitative estimate of drug-likeness (QED) is 0.726. The van der Waals surface area contributed by atoms with Crippen LogP contribution in [-0.2, 0) is 0 Å². The van der Waals surface area contributed by atoms with Crippen molar-refractivity contribution in [2.24, 2.45) is 5.92 Å². The summed E-state index contributed by atoms with van der Waals surface area (Å²) in [4.78, 5) is 12.4. The summed E-state index contributed by atoms with van der Waals surface area (Å²) in [6.45, 7) is 2.20. The first-order chi connectivity index (χ1) is 9.47. The van der Waals surface area contributed by atoms with E-state index in [2.05, 4.69) is 44.1 Å². The average molecular weight is 407 g/mol. The lowest BCUT2D eigenvalue weighted by atomic mass is 9.77. The molecule has 1 aromatic carbocycles. The summed E-state index contributed by atoms with van der Waals surface area (Å²) in [6, 6.07) is 4.78. The number of halogens is 3. The minimum absolute atomic E-state index is 0.0953. The summed E-state index contributed by atoms with van der Waals surface area (Å²) in [5.41, 5.74) is -0.165. The Morgan fingerprint density at radius 3 is 2.95 bits per heavy atom. The summed E-state index contributed by atoms with van der Waals surface area (Å²) in [6.07, 6.45) is 4.15. The van der Waals surface area contributed by atoms with Crippen LogP contribution in [0.1, 0.15) is 43.0 Å². The average Bonchev–Trinajstić information content (AvgIpc) is 2.41. The Morgan fingerprint density at radius 2 is 2.30 bits per heavy atom. The van der Waals surface area contributed by atoms with Crippen LogP contribution < -0.4 is 5.32 Å². The normalized spacial score (nSPS) is 26.3. The fourth-order valence-corrected chi connectivity index (χ4v) is 3.93. The molecule has 0 saturated heterocycles. The van der Waals surface area contributed by atoms with E-state index in [1.807, 2.05) is 0 Å². The van der Waals surface area contributed by atoms with Crippen molar-refractivity contribution in [1.29, 1.82) is 0 Å². The number of nitrogens with one attached hydrogen (secondary N) is 1. The molecular weight excluding hydrogens is 389 g/mol. The zero-order valence-electron chi connectivity index (χ0n) is 11.4. The van der Waals surface area contributed by atoms with Crippen LogP contribution in [-0.4, -0.2) is 16.8 Å². The Labute approximate surface area is 135 Å². The molecule has 5 heteroatoms. The van der Waals surface area contributed by atoms with Gasteiger partial charge < -0.3 is 5.32 Å². The van der Waals surface area contributed by atoms with Crippen molar-refractivity contribution >= 4 is 37.8 Å². The summed E-state index contributed by atoms with van der Waals surface area (Å²) in [5.74, 6) is -0.259. The van der Waals surface area contributed by atoms with Crippen LogP contribution in [0.4, 0.5) is 4.39 Å². The van der Waals surface area contributed by atoms with Gasteiger partial charge in [0.15, 0.2) is 0 Å². The number of hydrogen-bond acceptors (Lipinski definition) is 1. The van der Waals surface area contributed by atoms with Gasteiger partial charge in [0.25, 0.3) is 5.91 Å². The highest BCUT2D eigenvalue weighted by atomic mass is 79.9. The van der Waals surface area contributed by atoms with Crippen molar-refractivity contribution in [1.82, 2.24) is 5.32 Å². The second-order valence-corrected chi connectivity index (χ2v) is 7.09. The molecule has 0 spiro atoms. The van der Waals surface area contributed by atoms with Gasteiger partial charge in [-0.1, -0.05) is 41.8 Å². The Morgan fingerprint density at radius 1 is 1.55 bits per heavy atom. The van der Waals surface area contributed by atoms with Crippen LogP contribution in [0.25, 0.3) is 0 Å². The second-order valence-electron chi connectivity index (χ2n) is 5.67. The first-order valence-electron chi connectivity index (χ1n) is 6.80. The molecule has 1 saturated carbocycles. The fraction of sp³-hybridized carbons (Fsp3) is 0.533. The van der Waals surface area contributed by atoms with Crippen molar-refractivity contribution in [3.05, 3.63) is 34.1 Å². The monoisotopic (exact) mass is 405 g/mol. The first-order valence-corrected chi connectivity index (χ1v) is 8.71. The smallest absolute Gasteiger partial charge is 0.254 e. The van der Waals surface area contributed by atoms with Crippen LogP contribution in [0.15, 0.2) is 22.7 Å². The maximum absolute atomic E-state index is 14.0. The molecule has 0 aliphatic heterocycles. The van der Waals surface area contributed by atoms with Gasteiger partial charge in [-0.15, -0.1) is 0 Å². The van der Waals surface area contributed by atoms with Crippen molar-refractivity contribution in [2.45, 2.75) is 38.1 Å². The third-order valence-electron chi connectivity index (χ3n) is 3.92. The molecule has 0 bridgehead atoms. The van der Waals surface area contributed by atoms with Crippen molar-refractivity contribution in [3.63, 3.8) is 0 Å². The van der Waals surface area contributed by atoms with Crippen LogP contribution in [0, 0.1) is 11.7 Å². The highest BCUT2D eigenvalue weighted by Crippen LogP contribution is 2.34. The van der Waals surface area contributed by atoms with Gasteiger partial charge in [0.2, 0.25) is 0 Å². The molecule has 2 rings (SSSR count). The van der Waals surface area contributed by atoms with E-state index in [0.717, 1.165) is 19.3 Å². The highest BCUT2D eigenvalue weighted by molar-refractivity contribution is 9.10. The molecule has 0 radical (unpaired) electrons. The van der Waals surface area contributed by atoms with E-state index in [9.17, 15) is 9.18 Å². The van der Waals surface area contributed by atoms with Crippen molar-refractivity contribution < 1.29 is 9.18 Å². The van der Waals surface area contributed by atoms with Gasteiger partial charge in [-0.2, -0.15) is 0 Å². The number of carbonyl (C=O) groups excluding carboxylic acids is 1. The molecule has 2 atom stereocenters. The summed E-state index contributed by atoms with van der Waals surface area (Å²) >= 11 is 6.63. The van der Waals surface area contributed by atoms with Gasteiger partial charge in [-0.25, -0.2) is 4.39 Å². The molecule has 1 aliphatic rings. The van der Waals surface area contributed by atoms with Gasteiger partial charge >= 0.3 is 0 Å². The topological polar surface area (TPSA) is 29.1 Å². The van der Waals surface area contributed by atoms with Gasteiger partial charge in [-0.3, -0.25) is 4.79 Å². The molecule has 1 aliphatic carbocycles. The third-order valence-corrected chi connectivity index (χ3v) is 5.61. The number of hydrogen-bond donors (Lipinski definition) is 1. The number of amides is 1. The first kappa shape index (κ1) is 16.0.